The van der Waals surface area contributed by atoms with Gasteiger partial charge in [0.1, 0.15) is 0 Å². The summed E-state index contributed by atoms with van der Waals surface area (Å²) in [4.78, 5) is 10.3. The molecule has 0 radical (unpaired) electrons. The number of carbonyl (C=O) groups is 1. The summed E-state index contributed by atoms with van der Waals surface area (Å²) in [7, 11) is 0. The number of unbranched alkanes of at least 4 members (excludes halogenated alkanes) is 3. The zero-order valence-corrected chi connectivity index (χ0v) is 8.12. The highest BCUT2D eigenvalue weighted by Gasteiger charge is 2.08. The zero-order chi connectivity index (χ0) is 11.9. The highest BCUT2D eigenvalue weighted by atomic mass is 16.4. The molecule has 3 heteroatoms. The Labute approximate surface area is 82.6 Å². The number of hydrogen-bond donors (Lipinski definition) is 2. The smallest absolute Gasteiger partial charge is 0.305 e. The van der Waals surface area contributed by atoms with Gasteiger partial charge in [0.15, 0.2) is 0 Å². The molecular weight excluding hydrogens is 168 g/mol. The standard InChI is InChI=1S/C10H20O3/c1-2-3-4-5-6-7-9(11)8-10(12)13/h9,11H,2-8H2,1H3,(H,12,13)/i7D,9D. The van der Waals surface area contributed by atoms with Gasteiger partial charge in [-0.15, -0.1) is 0 Å². The normalized spacial score (nSPS) is 19.8. The summed E-state index contributed by atoms with van der Waals surface area (Å²) in [6.07, 6.45) is 0.397. The predicted molar refractivity (Wildman–Crippen MR) is 51.6 cm³/mol. The van der Waals surface area contributed by atoms with E-state index < -0.39 is 24.9 Å². The van der Waals surface area contributed by atoms with Crippen molar-refractivity contribution in [3.05, 3.63) is 0 Å². The third-order valence-electron chi connectivity index (χ3n) is 1.77. The van der Waals surface area contributed by atoms with Crippen LogP contribution in [0.25, 0.3) is 0 Å². The first kappa shape index (κ1) is 9.00. The molecule has 0 bridgehead atoms. The summed E-state index contributed by atoms with van der Waals surface area (Å²) >= 11 is 0. The van der Waals surface area contributed by atoms with Gasteiger partial charge in [-0.25, -0.2) is 0 Å². The Morgan fingerprint density at radius 3 is 2.62 bits per heavy atom. The molecule has 78 valence electrons. The van der Waals surface area contributed by atoms with Crippen molar-refractivity contribution >= 4 is 5.97 Å². The fraction of sp³-hybridized carbons (Fsp3) is 0.900. The van der Waals surface area contributed by atoms with Crippen LogP contribution >= 0.6 is 0 Å². The van der Waals surface area contributed by atoms with Crippen LogP contribution in [0.1, 0.15) is 54.6 Å². The molecule has 0 saturated heterocycles. The Bertz CT molecular complexity index is 195. The number of carboxylic acid groups (broad SMARTS) is 1. The second-order valence-corrected chi connectivity index (χ2v) is 3.12. The van der Waals surface area contributed by atoms with Crippen LogP contribution in [-0.4, -0.2) is 22.3 Å². The minimum Gasteiger partial charge on any atom is -0.481 e. The molecular formula is C10H20O3. The van der Waals surface area contributed by atoms with E-state index in [1.165, 1.54) is 0 Å². The van der Waals surface area contributed by atoms with Crippen molar-refractivity contribution in [3.8, 4) is 0 Å². The SMILES string of the molecule is [2H]C(CCCCCC)C([2H])(O)CC(=O)O. The average Bonchev–Trinajstić information content (AvgIpc) is 2.10. The van der Waals surface area contributed by atoms with Gasteiger partial charge in [0, 0.05) is 1.37 Å². The van der Waals surface area contributed by atoms with Gasteiger partial charge < -0.3 is 10.2 Å². The molecule has 2 atom stereocenters. The average molecular weight is 190 g/mol. The predicted octanol–water partition coefficient (Wildman–Crippen LogP) is 2.18. The first-order valence-corrected chi connectivity index (χ1v) is 4.76. The van der Waals surface area contributed by atoms with E-state index in [1.54, 1.807) is 0 Å². The molecule has 2 unspecified atom stereocenters. The minimum atomic E-state index is -2.15. The molecule has 0 aliphatic heterocycles. The van der Waals surface area contributed by atoms with Gasteiger partial charge in [0.2, 0.25) is 0 Å². The van der Waals surface area contributed by atoms with Crippen LogP contribution in [0.3, 0.4) is 0 Å². The quantitative estimate of drug-likeness (QED) is 0.577. The van der Waals surface area contributed by atoms with Gasteiger partial charge >= 0.3 is 5.97 Å². The van der Waals surface area contributed by atoms with Gasteiger partial charge in [0.05, 0.1) is 13.9 Å². The zero-order valence-electron chi connectivity index (χ0n) is 10.1. The molecule has 0 aromatic heterocycles. The van der Waals surface area contributed by atoms with Crippen molar-refractivity contribution in [2.75, 3.05) is 0 Å². The Morgan fingerprint density at radius 1 is 1.46 bits per heavy atom. The molecule has 0 heterocycles. The largest absolute Gasteiger partial charge is 0.481 e. The molecule has 0 amide bonds. The lowest BCUT2D eigenvalue weighted by Gasteiger charge is -2.06. The van der Waals surface area contributed by atoms with E-state index >= 15 is 0 Å². The fourth-order valence-corrected chi connectivity index (χ4v) is 1.07. The monoisotopic (exact) mass is 190 g/mol. The molecule has 0 fully saturated rings. The van der Waals surface area contributed by atoms with Gasteiger partial charge in [-0.05, 0) is 6.40 Å². The van der Waals surface area contributed by atoms with Crippen LogP contribution in [0.4, 0.5) is 0 Å². The van der Waals surface area contributed by atoms with Crippen LogP contribution in [-0.2, 0) is 4.79 Å². The van der Waals surface area contributed by atoms with Gasteiger partial charge in [0.25, 0.3) is 0 Å². The van der Waals surface area contributed by atoms with E-state index in [0.717, 1.165) is 25.7 Å². The first-order chi connectivity index (χ1) is 6.90. The van der Waals surface area contributed by atoms with E-state index in [0.29, 0.717) is 6.42 Å². The van der Waals surface area contributed by atoms with E-state index in [2.05, 4.69) is 6.92 Å². The summed E-state index contributed by atoms with van der Waals surface area (Å²) in [6, 6.07) is 0. The van der Waals surface area contributed by atoms with E-state index in [1.807, 2.05) is 0 Å². The number of hydrogen-bond acceptors (Lipinski definition) is 2. The Balaban J connectivity index is 3.85. The maximum absolute atomic E-state index is 10.3. The van der Waals surface area contributed by atoms with E-state index in [4.69, 9.17) is 7.85 Å². The summed E-state index contributed by atoms with van der Waals surface area (Å²) < 4.78 is 14.8. The summed E-state index contributed by atoms with van der Waals surface area (Å²) in [5.41, 5.74) is 0. The van der Waals surface area contributed by atoms with E-state index in [-0.39, 0.29) is 0 Å². The number of aliphatic hydroxyl groups is 1. The molecule has 0 spiro atoms. The second kappa shape index (κ2) is 8.05. The number of rotatable bonds is 8. The molecule has 0 saturated carbocycles. The fourth-order valence-electron chi connectivity index (χ4n) is 1.07. The number of carboxylic acids is 1. The van der Waals surface area contributed by atoms with Crippen molar-refractivity contribution in [2.45, 2.75) is 57.9 Å². The highest BCUT2D eigenvalue weighted by Crippen LogP contribution is 2.08. The molecule has 2 N–H and O–H groups in total. The highest BCUT2D eigenvalue weighted by molar-refractivity contribution is 5.67. The summed E-state index contributed by atoms with van der Waals surface area (Å²) in [6.45, 7) is 2.07. The van der Waals surface area contributed by atoms with Gasteiger partial charge in [-0.2, -0.15) is 0 Å². The van der Waals surface area contributed by atoms with Crippen LogP contribution in [0.5, 0.6) is 0 Å². The lowest BCUT2D eigenvalue weighted by molar-refractivity contribution is -0.139. The first-order valence-electron chi connectivity index (χ1n) is 5.84. The molecule has 0 rings (SSSR count). The molecule has 0 aliphatic rings. The van der Waals surface area contributed by atoms with Crippen LogP contribution in [0.15, 0.2) is 0 Å². The molecule has 0 aromatic carbocycles. The van der Waals surface area contributed by atoms with Crippen LogP contribution < -0.4 is 0 Å². The summed E-state index contributed by atoms with van der Waals surface area (Å²) in [5, 5.41) is 17.9. The van der Waals surface area contributed by atoms with Crippen molar-refractivity contribution in [2.24, 2.45) is 0 Å². The van der Waals surface area contributed by atoms with Gasteiger partial charge in [-0.1, -0.05) is 39.0 Å². The lowest BCUT2D eigenvalue weighted by atomic mass is 10.1. The van der Waals surface area contributed by atoms with Crippen molar-refractivity contribution < 1.29 is 17.7 Å². The maximum atomic E-state index is 10.3. The number of aliphatic carboxylic acids is 1. The third-order valence-corrected chi connectivity index (χ3v) is 1.77. The maximum Gasteiger partial charge on any atom is 0.305 e. The molecule has 0 aliphatic carbocycles. The molecule has 3 nitrogen and oxygen atoms in total. The lowest BCUT2D eigenvalue weighted by Crippen LogP contribution is -2.12. The van der Waals surface area contributed by atoms with Gasteiger partial charge in [-0.3, -0.25) is 4.79 Å². The van der Waals surface area contributed by atoms with Crippen molar-refractivity contribution in [1.29, 1.82) is 0 Å². The molecule has 0 aromatic rings. The topological polar surface area (TPSA) is 57.5 Å². The third kappa shape index (κ3) is 9.34. The van der Waals surface area contributed by atoms with Crippen LogP contribution in [0.2, 0.25) is 0 Å². The molecule has 13 heavy (non-hydrogen) atoms. The second-order valence-electron chi connectivity index (χ2n) is 3.12. The van der Waals surface area contributed by atoms with Crippen molar-refractivity contribution in [1.82, 2.24) is 0 Å². The van der Waals surface area contributed by atoms with Crippen molar-refractivity contribution in [3.63, 3.8) is 0 Å². The Kier molecular flexibility index (Phi) is 5.57. The van der Waals surface area contributed by atoms with E-state index in [9.17, 15) is 9.90 Å². The minimum absolute atomic E-state index is 0.382. The summed E-state index contributed by atoms with van der Waals surface area (Å²) in [5.74, 6) is -1.24. The van der Waals surface area contributed by atoms with Crippen LogP contribution in [0, 0.1) is 0 Å². The Hall–Kier alpha value is -0.570. The Morgan fingerprint density at radius 2 is 2.08 bits per heavy atom.